The quantitative estimate of drug-likeness (QED) is 0.0322. The third kappa shape index (κ3) is 47.7. The summed E-state index contributed by atoms with van der Waals surface area (Å²) in [6, 6.07) is -0.648. The average molecular weight is 860 g/mol. The fourth-order valence-corrected chi connectivity index (χ4v) is 8.27. The molecular weight excluding hydrogens is 755 g/mol. The molecule has 0 aromatic carbocycles. The molecule has 6 nitrogen and oxygen atoms in total. The van der Waals surface area contributed by atoms with Crippen LogP contribution in [0.4, 0.5) is 0 Å². The number of hydrogen-bond acceptors (Lipinski definition) is 5. The molecule has 0 aromatic rings. The number of carbonyl (C=O) groups is 2. The van der Waals surface area contributed by atoms with E-state index >= 15 is 0 Å². The lowest BCUT2D eigenvalue weighted by Gasteiger charge is -2.20. The molecule has 0 aliphatic rings. The Kier molecular flexibility index (Phi) is 49.6. The lowest BCUT2D eigenvalue weighted by Crippen LogP contribution is -2.45. The van der Waals surface area contributed by atoms with Crippen molar-refractivity contribution in [1.29, 1.82) is 0 Å². The van der Waals surface area contributed by atoms with Crippen molar-refractivity contribution in [2.75, 3.05) is 13.2 Å². The van der Waals surface area contributed by atoms with Gasteiger partial charge in [-0.15, -0.1) is 0 Å². The highest BCUT2D eigenvalue weighted by Gasteiger charge is 2.18. The number of ether oxygens (including phenoxy) is 1. The topological polar surface area (TPSA) is 95.9 Å². The summed E-state index contributed by atoms with van der Waals surface area (Å²) in [6.07, 6.45) is 60.4. The second-order valence-electron chi connectivity index (χ2n) is 18.6. The number of aliphatic hydroxyl groups excluding tert-OH is 2. The zero-order valence-electron chi connectivity index (χ0n) is 40.9. The van der Waals surface area contributed by atoms with E-state index in [0.717, 1.165) is 57.8 Å². The Morgan fingerprint density at radius 3 is 1.16 bits per heavy atom. The van der Waals surface area contributed by atoms with E-state index < -0.39 is 12.1 Å². The SMILES string of the molecule is CCCCCCCCC/C=C\CCCCCCCCCC(=O)OCCCCCCCCCCCC(=O)NC(CO)C(O)/C=C/CCCCCCCCCCCCCCCCC. The van der Waals surface area contributed by atoms with Crippen LogP contribution in [-0.2, 0) is 14.3 Å². The standard InChI is InChI=1S/C55H105NO5/c1-3-5-7-9-11-13-15-17-19-21-23-25-27-29-33-37-41-45-49-55(60)61-50-46-42-38-34-30-32-36-40-44-48-54(59)56-52(51-57)53(58)47-43-39-35-31-28-26-24-22-20-18-16-14-12-10-8-6-4-2/h19,21,43,47,52-53,57-58H,3-18,20,22-42,44-46,48-51H2,1-2H3,(H,56,59)/b21-19-,47-43+. The van der Waals surface area contributed by atoms with Gasteiger partial charge in [-0.2, -0.15) is 0 Å². The normalized spacial score (nSPS) is 12.8. The molecule has 0 fully saturated rings. The number of amides is 1. The minimum absolute atomic E-state index is 0.0300. The van der Waals surface area contributed by atoms with Gasteiger partial charge in [-0.3, -0.25) is 9.59 Å². The Morgan fingerprint density at radius 1 is 0.443 bits per heavy atom. The van der Waals surface area contributed by atoms with Crippen LogP contribution < -0.4 is 5.32 Å². The number of nitrogens with one attached hydrogen (secondary N) is 1. The van der Waals surface area contributed by atoms with Crippen LogP contribution >= 0.6 is 0 Å². The maximum absolute atomic E-state index is 12.4. The number of hydrogen-bond donors (Lipinski definition) is 3. The van der Waals surface area contributed by atoms with Crippen LogP contribution in [0, 0.1) is 0 Å². The third-order valence-electron chi connectivity index (χ3n) is 12.5. The van der Waals surface area contributed by atoms with Crippen LogP contribution in [0.25, 0.3) is 0 Å². The van der Waals surface area contributed by atoms with Crippen LogP contribution in [0.5, 0.6) is 0 Å². The monoisotopic (exact) mass is 860 g/mol. The average Bonchev–Trinajstić information content (AvgIpc) is 3.26. The molecule has 61 heavy (non-hydrogen) atoms. The van der Waals surface area contributed by atoms with Crippen molar-refractivity contribution in [3.63, 3.8) is 0 Å². The molecule has 0 saturated heterocycles. The van der Waals surface area contributed by atoms with E-state index in [1.165, 1.54) is 205 Å². The van der Waals surface area contributed by atoms with Gasteiger partial charge in [0.05, 0.1) is 25.4 Å². The van der Waals surface area contributed by atoms with Crippen molar-refractivity contribution < 1.29 is 24.5 Å². The van der Waals surface area contributed by atoms with Crippen molar-refractivity contribution in [2.24, 2.45) is 0 Å². The van der Waals surface area contributed by atoms with Crippen LogP contribution in [-0.4, -0.2) is 47.4 Å². The first-order valence-electron chi connectivity index (χ1n) is 27.1. The molecule has 0 aliphatic carbocycles. The van der Waals surface area contributed by atoms with Gasteiger partial charge in [0.25, 0.3) is 0 Å². The van der Waals surface area contributed by atoms with E-state index in [4.69, 9.17) is 4.74 Å². The molecular formula is C55H105NO5. The summed E-state index contributed by atoms with van der Waals surface area (Å²) in [4.78, 5) is 24.5. The summed E-state index contributed by atoms with van der Waals surface area (Å²) in [6.45, 7) is 4.84. The van der Waals surface area contributed by atoms with E-state index in [9.17, 15) is 19.8 Å². The fourth-order valence-electron chi connectivity index (χ4n) is 8.27. The van der Waals surface area contributed by atoms with E-state index in [0.29, 0.717) is 19.4 Å². The maximum Gasteiger partial charge on any atom is 0.305 e. The molecule has 0 spiro atoms. The predicted molar refractivity (Wildman–Crippen MR) is 264 cm³/mol. The van der Waals surface area contributed by atoms with E-state index in [2.05, 4.69) is 31.3 Å². The summed E-state index contributed by atoms with van der Waals surface area (Å²) in [5, 5.41) is 23.1. The number of allylic oxidation sites excluding steroid dienone is 3. The molecule has 0 aliphatic heterocycles. The number of rotatable bonds is 50. The van der Waals surface area contributed by atoms with Crippen molar-refractivity contribution >= 4 is 11.9 Å². The minimum Gasteiger partial charge on any atom is -0.466 e. The van der Waals surface area contributed by atoms with Gasteiger partial charge in [-0.25, -0.2) is 0 Å². The van der Waals surface area contributed by atoms with Gasteiger partial charge in [0.1, 0.15) is 0 Å². The highest BCUT2D eigenvalue weighted by atomic mass is 16.5. The molecule has 2 unspecified atom stereocenters. The molecule has 360 valence electrons. The molecule has 0 bridgehead atoms. The molecule has 0 rings (SSSR count). The highest BCUT2D eigenvalue weighted by Crippen LogP contribution is 2.16. The summed E-state index contributed by atoms with van der Waals surface area (Å²) in [7, 11) is 0. The van der Waals surface area contributed by atoms with Crippen molar-refractivity contribution in [2.45, 2.75) is 302 Å². The Balaban J connectivity index is 3.51. The van der Waals surface area contributed by atoms with Crippen LogP contribution in [0.2, 0.25) is 0 Å². The summed E-state index contributed by atoms with van der Waals surface area (Å²) in [5.74, 6) is -0.124. The highest BCUT2D eigenvalue weighted by molar-refractivity contribution is 5.76. The van der Waals surface area contributed by atoms with Crippen molar-refractivity contribution in [1.82, 2.24) is 5.32 Å². The first kappa shape index (κ1) is 59.3. The lowest BCUT2D eigenvalue weighted by molar-refractivity contribution is -0.143. The lowest BCUT2D eigenvalue weighted by atomic mass is 10.0. The minimum atomic E-state index is -0.862. The molecule has 6 heteroatoms. The summed E-state index contributed by atoms with van der Waals surface area (Å²) in [5.41, 5.74) is 0. The zero-order valence-corrected chi connectivity index (χ0v) is 40.9. The first-order chi connectivity index (χ1) is 30.0. The summed E-state index contributed by atoms with van der Waals surface area (Å²) >= 11 is 0. The molecule has 0 heterocycles. The van der Waals surface area contributed by atoms with E-state index in [1.807, 2.05) is 6.08 Å². The van der Waals surface area contributed by atoms with Crippen molar-refractivity contribution in [3.05, 3.63) is 24.3 Å². The summed E-state index contributed by atoms with van der Waals surface area (Å²) < 4.78 is 5.46. The van der Waals surface area contributed by atoms with E-state index in [1.54, 1.807) is 6.08 Å². The Labute approximate surface area is 380 Å². The van der Waals surface area contributed by atoms with Gasteiger partial charge in [-0.1, -0.05) is 244 Å². The van der Waals surface area contributed by atoms with Gasteiger partial charge in [0.15, 0.2) is 0 Å². The maximum atomic E-state index is 12.4. The van der Waals surface area contributed by atoms with E-state index in [-0.39, 0.29) is 18.5 Å². The predicted octanol–water partition coefficient (Wildman–Crippen LogP) is 16.3. The third-order valence-corrected chi connectivity index (χ3v) is 12.5. The van der Waals surface area contributed by atoms with Gasteiger partial charge < -0.3 is 20.3 Å². The fraction of sp³-hybridized carbons (Fsp3) is 0.891. The number of aliphatic hydroxyl groups is 2. The molecule has 0 aromatic heterocycles. The Bertz CT molecular complexity index is 951. The van der Waals surface area contributed by atoms with Gasteiger partial charge >= 0.3 is 5.97 Å². The zero-order chi connectivity index (χ0) is 44.4. The molecule has 2 atom stereocenters. The Morgan fingerprint density at radius 2 is 0.770 bits per heavy atom. The molecule has 1 amide bonds. The number of unbranched alkanes of at least 4 members (excludes halogenated alkanes) is 37. The second-order valence-corrected chi connectivity index (χ2v) is 18.6. The number of carbonyl (C=O) groups excluding carboxylic acids is 2. The van der Waals surface area contributed by atoms with Crippen LogP contribution in [0.15, 0.2) is 24.3 Å². The molecule has 3 N–H and O–H groups in total. The van der Waals surface area contributed by atoms with Gasteiger partial charge in [0, 0.05) is 12.8 Å². The molecule has 0 saturated carbocycles. The van der Waals surface area contributed by atoms with Crippen molar-refractivity contribution in [3.8, 4) is 0 Å². The first-order valence-corrected chi connectivity index (χ1v) is 27.1. The van der Waals surface area contributed by atoms with Crippen LogP contribution in [0.3, 0.4) is 0 Å². The van der Waals surface area contributed by atoms with Crippen LogP contribution in [0.1, 0.15) is 290 Å². The number of esters is 1. The largest absolute Gasteiger partial charge is 0.466 e. The van der Waals surface area contributed by atoms with Gasteiger partial charge in [0.2, 0.25) is 5.91 Å². The Hall–Kier alpha value is -1.66. The smallest absolute Gasteiger partial charge is 0.305 e. The molecule has 0 radical (unpaired) electrons. The second kappa shape index (κ2) is 51.0. The van der Waals surface area contributed by atoms with Gasteiger partial charge in [-0.05, 0) is 57.8 Å².